The number of para-hydroxylation sites is 2. The Morgan fingerprint density at radius 1 is 0.800 bits per heavy atom. The van der Waals surface area contributed by atoms with E-state index in [0.717, 1.165) is 13.1 Å². The van der Waals surface area contributed by atoms with Crippen molar-refractivity contribution in [1.29, 1.82) is 0 Å². The zero-order chi connectivity index (χ0) is 29.6. The molecular formula is C39H44N4O2. The average molecular weight is 601 g/mol. The summed E-state index contributed by atoms with van der Waals surface area (Å²) >= 11 is 0. The van der Waals surface area contributed by atoms with Crippen molar-refractivity contribution in [1.82, 2.24) is 9.80 Å². The molecule has 6 bridgehead atoms. The van der Waals surface area contributed by atoms with E-state index >= 15 is 0 Å². The minimum absolute atomic E-state index is 0.0360. The first-order valence-corrected chi connectivity index (χ1v) is 17.9. The fraction of sp³-hybridized carbons (Fsp3) is 0.590. The highest BCUT2D eigenvalue weighted by Crippen LogP contribution is 2.74. The molecule has 8 heterocycles. The topological polar surface area (TPSA) is 31.4 Å². The van der Waals surface area contributed by atoms with Crippen LogP contribution in [0.15, 0.2) is 71.8 Å². The van der Waals surface area contributed by atoms with Gasteiger partial charge in [0.1, 0.15) is 11.8 Å². The van der Waals surface area contributed by atoms with Crippen LogP contribution >= 0.6 is 0 Å². The molecule has 6 saturated heterocycles. The minimum atomic E-state index is -0.453. The van der Waals surface area contributed by atoms with Crippen LogP contribution in [0.1, 0.15) is 50.7 Å². The molecule has 2 aliphatic carbocycles. The smallest absolute Gasteiger partial charge is 0.162 e. The molecular weight excluding hydrogens is 556 g/mol. The number of benzene rings is 2. The van der Waals surface area contributed by atoms with Gasteiger partial charge in [-0.1, -0.05) is 59.7 Å². The van der Waals surface area contributed by atoms with Crippen LogP contribution in [0.2, 0.25) is 0 Å². The van der Waals surface area contributed by atoms with Gasteiger partial charge >= 0.3 is 0 Å². The largest absolute Gasteiger partial charge is 0.358 e. The van der Waals surface area contributed by atoms with Gasteiger partial charge in [-0.15, -0.1) is 0 Å². The quantitative estimate of drug-likeness (QED) is 0.427. The maximum atomic E-state index is 8.15. The molecule has 12 rings (SSSR count). The molecule has 0 amide bonds. The molecule has 6 nitrogen and oxygen atoms in total. The number of fused-ring (bicyclic) bond motifs is 10. The Hall–Kier alpha value is -2.64. The van der Waals surface area contributed by atoms with Crippen molar-refractivity contribution in [3.63, 3.8) is 0 Å². The second kappa shape index (κ2) is 7.90. The van der Waals surface area contributed by atoms with E-state index in [1.54, 1.807) is 22.3 Å². The lowest BCUT2D eigenvalue weighted by Crippen LogP contribution is -2.77. The fourth-order valence-electron chi connectivity index (χ4n) is 14.6. The lowest BCUT2D eigenvalue weighted by atomic mass is 9.52. The van der Waals surface area contributed by atoms with Crippen LogP contribution in [-0.2, 0) is 20.3 Å². The van der Waals surface area contributed by atoms with Gasteiger partial charge in [0.15, 0.2) is 6.23 Å². The summed E-state index contributed by atoms with van der Waals surface area (Å²) in [5, 5.41) is 0. The van der Waals surface area contributed by atoms with Crippen LogP contribution in [0, 0.1) is 17.8 Å². The molecule has 0 unspecified atom stereocenters. The lowest BCUT2D eigenvalue weighted by molar-refractivity contribution is -0.184. The molecule has 3 spiro atoms. The predicted octanol–water partition coefficient (Wildman–Crippen LogP) is 5.05. The van der Waals surface area contributed by atoms with Crippen molar-refractivity contribution in [2.75, 3.05) is 43.1 Å². The molecule has 12 atom stereocenters. The molecule has 10 aliphatic rings. The highest BCUT2D eigenvalue weighted by atomic mass is 16.6. The summed E-state index contributed by atoms with van der Waals surface area (Å²) in [6.07, 6.45) is 9.68. The molecule has 45 heavy (non-hydrogen) atoms. The summed E-state index contributed by atoms with van der Waals surface area (Å²) < 4.78 is 15.2. The molecule has 2 saturated carbocycles. The first-order chi connectivity index (χ1) is 22.1. The number of hydrogen-bond acceptors (Lipinski definition) is 6. The summed E-state index contributed by atoms with van der Waals surface area (Å²) in [5.41, 5.74) is 9.05. The lowest BCUT2D eigenvalue weighted by Gasteiger charge is -2.63. The van der Waals surface area contributed by atoms with Crippen LogP contribution in [0.25, 0.3) is 0 Å². The summed E-state index contributed by atoms with van der Waals surface area (Å²) in [4.78, 5) is 11.5. The Labute approximate surface area is 266 Å². The van der Waals surface area contributed by atoms with Gasteiger partial charge in [0.05, 0.1) is 12.1 Å². The van der Waals surface area contributed by atoms with E-state index in [4.69, 9.17) is 9.47 Å². The van der Waals surface area contributed by atoms with Gasteiger partial charge in [-0.3, -0.25) is 9.80 Å². The van der Waals surface area contributed by atoms with Gasteiger partial charge in [0.25, 0.3) is 0 Å². The van der Waals surface area contributed by atoms with Crippen molar-refractivity contribution < 1.29 is 9.47 Å². The first kappa shape index (κ1) is 25.4. The summed E-state index contributed by atoms with van der Waals surface area (Å²) in [5.74, 6) is 1.24. The van der Waals surface area contributed by atoms with Gasteiger partial charge in [-0.2, -0.15) is 0 Å². The van der Waals surface area contributed by atoms with Crippen LogP contribution in [-0.4, -0.2) is 85.3 Å². The Morgan fingerprint density at radius 3 is 2.18 bits per heavy atom. The van der Waals surface area contributed by atoms with Crippen LogP contribution in [0.5, 0.6) is 0 Å². The van der Waals surface area contributed by atoms with Gasteiger partial charge in [-0.25, -0.2) is 0 Å². The van der Waals surface area contributed by atoms with Gasteiger partial charge in [0, 0.05) is 66.3 Å². The van der Waals surface area contributed by atoms with Crippen molar-refractivity contribution in [3.05, 3.63) is 83.0 Å². The number of nitrogens with zero attached hydrogens (tertiary/aromatic N) is 4. The third-order valence-corrected chi connectivity index (χ3v) is 15.6. The van der Waals surface area contributed by atoms with Crippen LogP contribution in [0.4, 0.5) is 11.4 Å². The summed E-state index contributed by atoms with van der Waals surface area (Å²) in [7, 11) is 2.01. The molecule has 2 aromatic rings. The Morgan fingerprint density at radius 2 is 1.44 bits per heavy atom. The maximum Gasteiger partial charge on any atom is 0.162 e. The Bertz CT molecular complexity index is 1750. The van der Waals surface area contributed by atoms with Gasteiger partial charge in [0.2, 0.25) is 0 Å². The molecule has 0 N–H and O–H groups in total. The van der Waals surface area contributed by atoms with Crippen molar-refractivity contribution >= 4 is 11.4 Å². The van der Waals surface area contributed by atoms with Crippen molar-refractivity contribution in [2.24, 2.45) is 17.8 Å². The normalized spacial score (nSPS) is 50.6. The molecule has 8 aliphatic heterocycles. The molecule has 232 valence electrons. The summed E-state index contributed by atoms with van der Waals surface area (Å²) in [6.45, 7) is 9.15. The number of hydrogen-bond donors (Lipinski definition) is 0. The third-order valence-electron chi connectivity index (χ3n) is 15.6. The number of anilines is 2. The van der Waals surface area contributed by atoms with Crippen LogP contribution in [0.3, 0.4) is 0 Å². The van der Waals surface area contributed by atoms with Gasteiger partial charge < -0.3 is 19.3 Å². The van der Waals surface area contributed by atoms with Crippen molar-refractivity contribution in [2.45, 2.75) is 92.6 Å². The Balaban J connectivity index is 1.21. The third kappa shape index (κ3) is 2.37. The Kier molecular flexibility index (Phi) is 4.47. The van der Waals surface area contributed by atoms with E-state index in [1.165, 1.54) is 50.1 Å². The predicted molar refractivity (Wildman–Crippen MR) is 174 cm³/mol. The number of piperidine rings is 2. The van der Waals surface area contributed by atoms with Crippen LogP contribution < -0.4 is 9.80 Å². The molecule has 0 aromatic heterocycles. The minimum Gasteiger partial charge on any atom is -0.358 e. The van der Waals surface area contributed by atoms with E-state index in [9.17, 15) is 0 Å². The molecule has 0 radical (unpaired) electrons. The van der Waals surface area contributed by atoms with E-state index in [-0.39, 0.29) is 29.3 Å². The van der Waals surface area contributed by atoms with Gasteiger partial charge in [-0.05, 0) is 81.8 Å². The van der Waals surface area contributed by atoms with E-state index in [1.807, 2.05) is 7.11 Å². The zero-order valence-electron chi connectivity index (χ0n) is 26.7. The standard InChI is InChI=1S/C39H44N4O2/c1-4-22-20-40-16-14-37-25-10-6-8-12-28(25)42-33(37)32(24(22)18-30(37)40)34-43-29-13-9-7-11-26(29)38-15-17-41-21-23(5-2)27(19-31(38)41)39(45-34,35(38)43)36(42)44-3/h4-13,24,27,30-36H,14-21H2,1-3H3/b22-4+,23-5+/t24-,27-,30-,31-,32+,33-,34-,35+,36-,37+,38+,39+/m0/s1. The van der Waals surface area contributed by atoms with Crippen molar-refractivity contribution in [3.8, 4) is 0 Å². The molecule has 8 fully saturated rings. The molecule has 6 heteroatoms. The average Bonchev–Trinajstić information content (AvgIpc) is 3.86. The second-order valence-electron chi connectivity index (χ2n) is 16.1. The highest BCUT2D eigenvalue weighted by Gasteiger charge is 2.84. The molecule has 2 aromatic carbocycles. The highest BCUT2D eigenvalue weighted by molar-refractivity contribution is 5.74. The monoisotopic (exact) mass is 600 g/mol. The van der Waals surface area contributed by atoms with E-state index < -0.39 is 5.60 Å². The number of allylic oxidation sites excluding steroid dienone is 2. The number of ether oxygens (including phenoxy) is 2. The number of rotatable bonds is 1. The fourth-order valence-corrected chi connectivity index (χ4v) is 14.6. The zero-order valence-corrected chi connectivity index (χ0v) is 26.7. The SMILES string of the molecule is C/C=C1\CN2CC[C@]34c5ccccc5N5[C@H]3[C@@H]([C@H]1C[C@H]24)[C@@H]1O[C@@]2([C@@H]5OC)[C@@H]3N1c1ccccc1[C@@]31CCN3C/C(=C\C)[C@@H]2C[C@H]31. The number of methoxy groups -OCH3 is 1. The second-order valence-corrected chi connectivity index (χ2v) is 16.1. The summed E-state index contributed by atoms with van der Waals surface area (Å²) in [6, 6.07) is 20.9. The van der Waals surface area contributed by atoms with E-state index in [0.29, 0.717) is 35.9 Å². The first-order valence-electron chi connectivity index (χ1n) is 17.9. The van der Waals surface area contributed by atoms with E-state index in [2.05, 4.69) is 94.1 Å². The maximum absolute atomic E-state index is 8.15.